The second-order valence-corrected chi connectivity index (χ2v) is 2.03. The monoisotopic (exact) mass is 199 g/mol. The third-order valence-corrected chi connectivity index (χ3v) is 0.896. The van der Waals surface area contributed by atoms with E-state index in [0.29, 0.717) is 0 Å². The topological polar surface area (TPSA) is 134 Å². The van der Waals surface area contributed by atoms with Gasteiger partial charge in [0.05, 0.1) is 0 Å². The van der Waals surface area contributed by atoms with Gasteiger partial charge in [0.25, 0.3) is 0 Å². The molecule has 0 aliphatic heterocycles. The molecule has 9 nitrogen and oxygen atoms in total. The number of rotatable bonds is 4. The smallest absolute Gasteiger partial charge is 0.463 e. The van der Waals surface area contributed by atoms with E-state index in [1.54, 1.807) is 0 Å². The molecule has 0 aromatic heterocycles. The molecule has 0 bridgehead atoms. The molecule has 12 heavy (non-hydrogen) atoms. The average molecular weight is 199 g/mol. The van der Waals surface area contributed by atoms with Crippen LogP contribution in [0.1, 0.15) is 0 Å². The maximum atomic E-state index is 10.3. The summed E-state index contributed by atoms with van der Waals surface area (Å²) in [4.78, 5) is 19.4. The predicted molar refractivity (Wildman–Crippen MR) is 32.1 cm³/mol. The van der Waals surface area contributed by atoms with Gasteiger partial charge in [-0.15, -0.1) is 11.0 Å². The van der Waals surface area contributed by atoms with E-state index < -0.39 is 20.4 Å². The average Bonchev–Trinajstić information content (AvgIpc) is 1.96. The van der Waals surface area contributed by atoms with Gasteiger partial charge in [0.1, 0.15) is 0 Å². The Hall–Kier alpha value is -1.44. The quantitative estimate of drug-likeness (QED) is 0.370. The summed E-state index contributed by atoms with van der Waals surface area (Å²) in [5.74, 6) is 0. The largest absolute Gasteiger partial charge is 0.746 e. The zero-order valence-corrected chi connectivity index (χ0v) is 6.28. The molecule has 0 atom stereocenters. The first kappa shape index (κ1) is 10.6. The van der Waals surface area contributed by atoms with Gasteiger partial charge in [0.2, 0.25) is 0 Å². The number of hydroxylamine groups is 2. The Morgan fingerprint density at radius 3 is 1.67 bits per heavy atom. The van der Waals surface area contributed by atoms with Crippen LogP contribution in [0.4, 0.5) is 9.59 Å². The van der Waals surface area contributed by atoms with Crippen molar-refractivity contribution < 1.29 is 33.6 Å². The van der Waals surface area contributed by atoms with Gasteiger partial charge in [-0.1, -0.05) is 0 Å². The molecule has 0 aliphatic rings. The third kappa shape index (κ3) is 6.68. The van der Waals surface area contributed by atoms with Crippen molar-refractivity contribution in [3.05, 3.63) is 0 Å². The van der Waals surface area contributed by atoms with E-state index in [1.165, 1.54) is 11.0 Å². The van der Waals surface area contributed by atoms with Crippen molar-refractivity contribution in [2.24, 2.45) is 0 Å². The lowest BCUT2D eigenvalue weighted by atomic mass is 11.3. The van der Waals surface area contributed by atoms with E-state index in [9.17, 15) is 14.2 Å². The van der Waals surface area contributed by atoms with Crippen LogP contribution in [0.3, 0.4) is 0 Å². The summed E-state index contributed by atoms with van der Waals surface area (Å²) in [6.07, 6.45) is -3.17. The molecule has 0 radical (unpaired) electrons. The van der Waals surface area contributed by atoms with Gasteiger partial charge in [-0.25, -0.2) is 9.59 Å². The van der Waals surface area contributed by atoms with Crippen molar-refractivity contribution in [1.29, 1.82) is 0 Å². The molecule has 68 valence electrons. The minimum Gasteiger partial charge on any atom is -0.463 e. The molecule has 0 rings (SSSR count). The van der Waals surface area contributed by atoms with Crippen LogP contribution in [-0.2, 0) is 13.8 Å². The van der Waals surface area contributed by atoms with E-state index >= 15 is 0 Å². The summed E-state index contributed by atoms with van der Waals surface area (Å²) in [5, 5.41) is 15.8. The van der Waals surface area contributed by atoms with Crippen molar-refractivity contribution >= 4 is 20.4 Å². The lowest BCUT2D eigenvalue weighted by Crippen LogP contribution is -2.21. The Kier molecular flexibility index (Phi) is 4.61. The number of nitrogens with one attached hydrogen (secondary N) is 2. The van der Waals surface area contributed by atoms with Crippen molar-refractivity contribution in [2.45, 2.75) is 0 Å². The van der Waals surface area contributed by atoms with Gasteiger partial charge in [-0.2, -0.15) is 0 Å². The fourth-order valence-electron chi connectivity index (χ4n) is 0.171. The second-order valence-electron chi connectivity index (χ2n) is 1.22. The third-order valence-electron chi connectivity index (χ3n) is 0.415. The first-order valence-corrected chi connectivity index (χ1v) is 3.41. The van der Waals surface area contributed by atoms with Gasteiger partial charge in [-0.3, -0.25) is 0 Å². The van der Waals surface area contributed by atoms with Crippen molar-refractivity contribution in [1.82, 2.24) is 11.0 Å². The summed E-state index contributed by atoms with van der Waals surface area (Å²) in [5.41, 5.74) is 2.49. The number of hydrogen-bond acceptors (Lipinski definition) is 5. The molecule has 0 aromatic rings. The van der Waals surface area contributed by atoms with Crippen molar-refractivity contribution in [3.8, 4) is 0 Å². The van der Waals surface area contributed by atoms with Crippen LogP contribution in [-0.4, -0.2) is 22.4 Å². The van der Waals surface area contributed by atoms with E-state index in [4.69, 9.17) is 10.2 Å². The molecule has 0 aliphatic carbocycles. The highest BCUT2D eigenvalue weighted by Crippen LogP contribution is 2.18. The molecular formula is C2H4N2O7P+. The summed E-state index contributed by atoms with van der Waals surface area (Å²) >= 11 is 0. The maximum absolute atomic E-state index is 10.3. The van der Waals surface area contributed by atoms with Crippen molar-refractivity contribution in [2.75, 3.05) is 0 Å². The molecule has 0 saturated carbocycles. The van der Waals surface area contributed by atoms with Crippen LogP contribution in [0.5, 0.6) is 0 Å². The zero-order chi connectivity index (χ0) is 9.56. The molecule has 2 amide bonds. The van der Waals surface area contributed by atoms with Gasteiger partial charge in [-0.05, 0) is 0 Å². The molecule has 0 heterocycles. The number of hydrogen-bond donors (Lipinski definition) is 4. The molecule has 0 saturated heterocycles. The van der Waals surface area contributed by atoms with Crippen LogP contribution in [0.25, 0.3) is 0 Å². The Balaban J connectivity index is 3.47. The number of carboxylic acid groups (broad SMARTS) is 2. The fraction of sp³-hybridized carbons (Fsp3) is 0. The first-order valence-electron chi connectivity index (χ1n) is 2.31. The highest BCUT2D eigenvalue weighted by Gasteiger charge is 2.24. The highest BCUT2D eigenvalue weighted by atomic mass is 31.1. The molecule has 4 N–H and O–H groups in total. The summed E-state index contributed by atoms with van der Waals surface area (Å²) in [7, 11) is -2.88. The van der Waals surface area contributed by atoms with E-state index in [1.807, 2.05) is 0 Å². The van der Waals surface area contributed by atoms with Crippen LogP contribution in [0.15, 0.2) is 0 Å². The minimum atomic E-state index is -2.88. The Morgan fingerprint density at radius 1 is 1.08 bits per heavy atom. The zero-order valence-electron chi connectivity index (χ0n) is 5.38. The van der Waals surface area contributed by atoms with Gasteiger partial charge < -0.3 is 10.2 Å². The van der Waals surface area contributed by atoms with Gasteiger partial charge >= 0.3 is 20.4 Å². The van der Waals surface area contributed by atoms with Crippen LogP contribution < -0.4 is 11.0 Å². The Bertz CT molecular complexity index is 184. The molecule has 0 aromatic carbocycles. The van der Waals surface area contributed by atoms with E-state index in [0.717, 1.165) is 0 Å². The number of carbonyl (C=O) groups is 2. The Labute approximate surface area is 66.1 Å². The minimum absolute atomic E-state index is 1.24. The predicted octanol–water partition coefficient (Wildman–Crippen LogP) is 0.0422. The maximum Gasteiger partial charge on any atom is 0.746 e. The first-order chi connectivity index (χ1) is 5.52. The standard InChI is InChI=1S/C2H3N2O7P/c5-1(6)3-10-12(9)11-4-2(7)8/h3-4H,(H-,5,6,7,8)/p+1. The van der Waals surface area contributed by atoms with Gasteiger partial charge in [0, 0.05) is 13.8 Å². The summed E-state index contributed by atoms with van der Waals surface area (Å²) in [6.45, 7) is 0. The molecule has 0 spiro atoms. The summed E-state index contributed by atoms with van der Waals surface area (Å²) < 4.78 is 17.8. The lowest BCUT2D eigenvalue weighted by molar-refractivity contribution is 0.0970. The SMILES string of the molecule is O=C(O)NO[P+](=O)ONC(=O)O. The van der Waals surface area contributed by atoms with Crippen molar-refractivity contribution in [3.63, 3.8) is 0 Å². The van der Waals surface area contributed by atoms with Crippen LogP contribution in [0, 0.1) is 0 Å². The fourth-order valence-corrected chi connectivity index (χ4v) is 0.514. The second kappa shape index (κ2) is 5.24. The normalized spacial score (nSPS) is 8.67. The molecule has 10 heteroatoms. The lowest BCUT2D eigenvalue weighted by Gasteiger charge is -1.88. The Morgan fingerprint density at radius 2 is 1.42 bits per heavy atom. The molecule has 0 unspecified atom stereocenters. The molecular weight excluding hydrogens is 195 g/mol. The van der Waals surface area contributed by atoms with E-state index in [2.05, 4.69) is 9.25 Å². The summed E-state index contributed by atoms with van der Waals surface area (Å²) in [6, 6.07) is 0. The number of amides is 2. The van der Waals surface area contributed by atoms with E-state index in [-0.39, 0.29) is 0 Å². The van der Waals surface area contributed by atoms with Crippen LogP contribution in [0.2, 0.25) is 0 Å². The highest BCUT2D eigenvalue weighted by molar-refractivity contribution is 7.33. The van der Waals surface area contributed by atoms with Gasteiger partial charge in [0.15, 0.2) is 0 Å². The molecule has 0 fully saturated rings. The van der Waals surface area contributed by atoms with Crippen LogP contribution >= 0.6 is 8.25 Å².